The molecule has 0 amide bonds. The van der Waals surface area contributed by atoms with Crippen molar-refractivity contribution >= 4 is 0 Å². The Balaban J connectivity index is 2.15. The molecule has 0 bridgehead atoms. The lowest BCUT2D eigenvalue weighted by atomic mass is 9.68. The molecular formula is C15H30N2O. The topological polar surface area (TPSA) is 38.5 Å². The largest absolute Gasteiger partial charge is 0.373 e. The minimum Gasteiger partial charge on any atom is -0.373 e. The van der Waals surface area contributed by atoms with Crippen LogP contribution in [-0.2, 0) is 4.74 Å². The number of rotatable bonds is 2. The highest BCUT2D eigenvalue weighted by Gasteiger charge is 2.45. The summed E-state index contributed by atoms with van der Waals surface area (Å²) in [6.07, 6.45) is 4.57. The van der Waals surface area contributed by atoms with Gasteiger partial charge >= 0.3 is 0 Å². The molecule has 0 aromatic carbocycles. The smallest absolute Gasteiger partial charge is 0.0678 e. The van der Waals surface area contributed by atoms with E-state index in [0.29, 0.717) is 18.1 Å². The van der Waals surface area contributed by atoms with Gasteiger partial charge in [0.25, 0.3) is 0 Å². The summed E-state index contributed by atoms with van der Waals surface area (Å²) in [4.78, 5) is 2.64. The molecule has 0 aromatic rings. The van der Waals surface area contributed by atoms with E-state index in [1.54, 1.807) is 0 Å². The van der Waals surface area contributed by atoms with Gasteiger partial charge in [0.15, 0.2) is 0 Å². The van der Waals surface area contributed by atoms with E-state index in [9.17, 15) is 0 Å². The van der Waals surface area contributed by atoms with E-state index in [-0.39, 0.29) is 5.54 Å². The first-order valence-corrected chi connectivity index (χ1v) is 7.58. The zero-order chi connectivity index (χ0) is 13.3. The minimum absolute atomic E-state index is 0.221. The zero-order valence-electron chi connectivity index (χ0n) is 12.5. The number of morpholine rings is 1. The summed E-state index contributed by atoms with van der Waals surface area (Å²) in [5.74, 6) is 1.55. The Morgan fingerprint density at radius 2 is 1.78 bits per heavy atom. The monoisotopic (exact) mass is 254 g/mol. The van der Waals surface area contributed by atoms with Crippen molar-refractivity contribution < 1.29 is 4.74 Å². The Bertz CT molecular complexity index is 274. The van der Waals surface area contributed by atoms with Gasteiger partial charge in [0.05, 0.1) is 12.2 Å². The maximum absolute atomic E-state index is 6.21. The highest BCUT2D eigenvalue weighted by atomic mass is 16.5. The molecule has 3 heteroatoms. The van der Waals surface area contributed by atoms with Crippen LogP contribution in [0, 0.1) is 11.8 Å². The summed E-state index contributed by atoms with van der Waals surface area (Å²) in [7, 11) is 0. The third-order valence-electron chi connectivity index (χ3n) is 5.15. The lowest BCUT2D eigenvalue weighted by Crippen LogP contribution is -2.64. The highest BCUT2D eigenvalue weighted by Crippen LogP contribution is 2.41. The van der Waals surface area contributed by atoms with Crippen molar-refractivity contribution in [2.24, 2.45) is 17.6 Å². The van der Waals surface area contributed by atoms with Gasteiger partial charge in [0.2, 0.25) is 0 Å². The summed E-state index contributed by atoms with van der Waals surface area (Å²) in [5.41, 5.74) is 6.43. The Morgan fingerprint density at radius 3 is 2.28 bits per heavy atom. The number of hydrogen-bond donors (Lipinski definition) is 1. The third kappa shape index (κ3) is 2.59. The van der Waals surface area contributed by atoms with Gasteiger partial charge in [-0.15, -0.1) is 0 Å². The van der Waals surface area contributed by atoms with Crippen LogP contribution >= 0.6 is 0 Å². The molecule has 2 rings (SSSR count). The second-order valence-electron chi connectivity index (χ2n) is 6.75. The molecule has 1 saturated carbocycles. The summed E-state index contributed by atoms with van der Waals surface area (Å²) in [6, 6.07) is 0. The summed E-state index contributed by atoms with van der Waals surface area (Å²) >= 11 is 0. The molecule has 106 valence electrons. The van der Waals surface area contributed by atoms with E-state index in [4.69, 9.17) is 10.5 Å². The summed E-state index contributed by atoms with van der Waals surface area (Å²) in [6.45, 7) is 12.0. The van der Waals surface area contributed by atoms with Crippen LogP contribution < -0.4 is 5.73 Å². The first kappa shape index (κ1) is 14.3. The normalized spacial score (nSPS) is 47.2. The Kier molecular flexibility index (Phi) is 4.35. The van der Waals surface area contributed by atoms with Gasteiger partial charge in [-0.25, -0.2) is 0 Å². The van der Waals surface area contributed by atoms with Gasteiger partial charge in [-0.1, -0.05) is 13.8 Å². The molecule has 5 atom stereocenters. The van der Waals surface area contributed by atoms with E-state index in [0.717, 1.165) is 25.6 Å². The maximum Gasteiger partial charge on any atom is 0.0678 e. The molecule has 2 aliphatic rings. The van der Waals surface area contributed by atoms with E-state index in [1.165, 1.54) is 19.3 Å². The Hall–Kier alpha value is -0.120. The predicted octanol–water partition coefficient (Wildman–Crippen LogP) is 2.25. The van der Waals surface area contributed by atoms with Crippen LogP contribution in [0.1, 0.15) is 47.0 Å². The molecule has 0 spiro atoms. The van der Waals surface area contributed by atoms with E-state index >= 15 is 0 Å². The van der Waals surface area contributed by atoms with Crippen molar-refractivity contribution in [1.82, 2.24) is 4.90 Å². The van der Waals surface area contributed by atoms with Crippen LogP contribution in [0.3, 0.4) is 0 Å². The van der Waals surface area contributed by atoms with E-state index in [1.807, 2.05) is 0 Å². The van der Waals surface area contributed by atoms with Crippen molar-refractivity contribution in [2.75, 3.05) is 19.6 Å². The van der Waals surface area contributed by atoms with Gasteiger partial charge in [-0.3, -0.25) is 4.90 Å². The summed E-state index contributed by atoms with van der Waals surface area (Å²) < 4.78 is 5.87. The second kappa shape index (κ2) is 5.48. The number of nitrogens with zero attached hydrogens (tertiary/aromatic N) is 1. The van der Waals surface area contributed by atoms with Crippen LogP contribution in [0.25, 0.3) is 0 Å². The standard InChI is InChI=1S/C15H30N2O/c1-11-5-6-15(10-16,12(2)7-11)17-8-13(3)18-14(4)9-17/h11-14H,5-10,16H2,1-4H3. The fourth-order valence-electron chi connectivity index (χ4n) is 4.13. The molecule has 0 radical (unpaired) electrons. The molecule has 1 aliphatic carbocycles. The van der Waals surface area contributed by atoms with Gasteiger partial charge in [0, 0.05) is 25.2 Å². The molecule has 1 saturated heterocycles. The average Bonchev–Trinajstić information content (AvgIpc) is 2.28. The maximum atomic E-state index is 6.21. The Morgan fingerprint density at radius 1 is 1.17 bits per heavy atom. The molecular weight excluding hydrogens is 224 g/mol. The fourth-order valence-corrected chi connectivity index (χ4v) is 4.13. The number of ether oxygens (including phenoxy) is 1. The Labute approximate surface area is 112 Å². The molecule has 0 aromatic heterocycles. The molecule has 1 heterocycles. The summed E-state index contributed by atoms with van der Waals surface area (Å²) in [5, 5.41) is 0. The molecule has 2 fully saturated rings. The van der Waals surface area contributed by atoms with E-state index in [2.05, 4.69) is 32.6 Å². The van der Waals surface area contributed by atoms with Crippen molar-refractivity contribution in [3.63, 3.8) is 0 Å². The van der Waals surface area contributed by atoms with E-state index < -0.39 is 0 Å². The second-order valence-corrected chi connectivity index (χ2v) is 6.75. The first-order chi connectivity index (χ1) is 8.48. The lowest BCUT2D eigenvalue weighted by molar-refractivity contribution is -0.122. The average molecular weight is 254 g/mol. The predicted molar refractivity (Wildman–Crippen MR) is 75.5 cm³/mol. The molecule has 3 nitrogen and oxygen atoms in total. The van der Waals surface area contributed by atoms with Crippen LogP contribution in [-0.4, -0.2) is 42.3 Å². The first-order valence-electron chi connectivity index (χ1n) is 7.58. The quantitative estimate of drug-likeness (QED) is 0.821. The van der Waals surface area contributed by atoms with Gasteiger partial charge in [-0.2, -0.15) is 0 Å². The molecule has 5 unspecified atom stereocenters. The van der Waals surface area contributed by atoms with Crippen molar-refractivity contribution in [1.29, 1.82) is 0 Å². The van der Waals surface area contributed by atoms with Crippen LogP contribution in [0.4, 0.5) is 0 Å². The van der Waals surface area contributed by atoms with Crippen molar-refractivity contribution in [2.45, 2.75) is 64.7 Å². The number of nitrogens with two attached hydrogens (primary N) is 1. The zero-order valence-corrected chi connectivity index (χ0v) is 12.5. The van der Waals surface area contributed by atoms with Gasteiger partial charge < -0.3 is 10.5 Å². The minimum atomic E-state index is 0.221. The van der Waals surface area contributed by atoms with Gasteiger partial charge in [0.1, 0.15) is 0 Å². The molecule has 18 heavy (non-hydrogen) atoms. The van der Waals surface area contributed by atoms with Crippen LogP contribution in [0.5, 0.6) is 0 Å². The third-order valence-corrected chi connectivity index (χ3v) is 5.15. The van der Waals surface area contributed by atoms with Crippen molar-refractivity contribution in [3.05, 3.63) is 0 Å². The lowest BCUT2D eigenvalue weighted by Gasteiger charge is -2.54. The highest BCUT2D eigenvalue weighted by molar-refractivity contribution is 5.01. The molecule has 1 aliphatic heterocycles. The molecule has 2 N–H and O–H groups in total. The fraction of sp³-hybridized carbons (Fsp3) is 1.00. The SMILES string of the molecule is CC1CCC(CN)(N2CC(C)OC(C)C2)C(C)C1. The van der Waals surface area contributed by atoms with Crippen LogP contribution in [0.2, 0.25) is 0 Å². The van der Waals surface area contributed by atoms with Crippen molar-refractivity contribution in [3.8, 4) is 0 Å². The number of hydrogen-bond acceptors (Lipinski definition) is 3. The van der Waals surface area contributed by atoms with Gasteiger partial charge in [-0.05, 0) is 44.9 Å². The van der Waals surface area contributed by atoms with Crippen LogP contribution in [0.15, 0.2) is 0 Å².